The smallest absolute Gasteiger partial charge is 0.265 e. The van der Waals surface area contributed by atoms with Crippen molar-refractivity contribution in [2.24, 2.45) is 5.16 Å². The Morgan fingerprint density at radius 3 is 2.22 bits per heavy atom. The van der Waals surface area contributed by atoms with Crippen LogP contribution in [0.3, 0.4) is 0 Å². The minimum absolute atomic E-state index is 0.332. The number of nitrogens with zero attached hydrogens (tertiary/aromatic N) is 2. The van der Waals surface area contributed by atoms with Crippen molar-refractivity contribution in [2.75, 3.05) is 27.2 Å². The second-order valence-corrected chi connectivity index (χ2v) is 4.81. The highest BCUT2D eigenvalue weighted by molar-refractivity contribution is 6.25. The van der Waals surface area contributed by atoms with E-state index in [9.17, 15) is 4.79 Å². The Morgan fingerprint density at radius 2 is 1.67 bits per heavy atom. The number of rotatable bonds is 11. The maximum atomic E-state index is 10.9. The molecule has 0 spiro atoms. The fourth-order valence-electron chi connectivity index (χ4n) is 1.75. The van der Waals surface area contributed by atoms with Crippen molar-refractivity contribution in [3.63, 3.8) is 0 Å². The highest BCUT2D eigenvalue weighted by Crippen LogP contribution is 2.06. The van der Waals surface area contributed by atoms with Crippen molar-refractivity contribution in [1.82, 2.24) is 10.2 Å². The summed E-state index contributed by atoms with van der Waals surface area (Å²) in [5, 5.41) is 13.4. The van der Waals surface area contributed by atoms with Crippen LogP contribution >= 0.6 is 0 Å². The molecule has 0 fully saturated rings. The largest absolute Gasteiger partial charge is 0.411 e. The predicted molar refractivity (Wildman–Crippen MR) is 74.2 cm³/mol. The number of hydrogen-bond donors (Lipinski definition) is 2. The molecule has 0 bridgehead atoms. The molecule has 0 unspecified atom stereocenters. The summed E-state index contributed by atoms with van der Waals surface area (Å²) in [4.78, 5) is 13.1. The number of amides is 1. The van der Waals surface area contributed by atoms with Gasteiger partial charge in [0.2, 0.25) is 0 Å². The van der Waals surface area contributed by atoms with Gasteiger partial charge in [-0.05, 0) is 33.5 Å². The Labute approximate surface area is 110 Å². The Kier molecular flexibility index (Phi) is 11.6. The highest BCUT2D eigenvalue weighted by atomic mass is 16.4. The van der Waals surface area contributed by atoms with Crippen molar-refractivity contribution in [3.8, 4) is 0 Å². The number of nitrogens with one attached hydrogen (secondary N) is 1. The van der Waals surface area contributed by atoms with Crippen molar-refractivity contribution in [2.45, 2.75) is 44.9 Å². The molecule has 5 heteroatoms. The average molecular weight is 257 g/mol. The molecular formula is C13H27N3O2. The lowest BCUT2D eigenvalue weighted by atomic mass is 10.1. The Balaban J connectivity index is 3.10. The van der Waals surface area contributed by atoms with Gasteiger partial charge in [-0.2, -0.15) is 0 Å². The zero-order valence-electron chi connectivity index (χ0n) is 11.7. The minimum Gasteiger partial charge on any atom is -0.411 e. The lowest BCUT2D eigenvalue weighted by molar-refractivity contribution is -0.114. The van der Waals surface area contributed by atoms with Crippen molar-refractivity contribution >= 4 is 12.1 Å². The summed E-state index contributed by atoms with van der Waals surface area (Å²) in [5.74, 6) is -0.332. The van der Waals surface area contributed by atoms with Gasteiger partial charge in [0.1, 0.15) is 6.21 Å². The zero-order chi connectivity index (χ0) is 13.6. The van der Waals surface area contributed by atoms with E-state index in [0.717, 1.165) is 19.1 Å². The van der Waals surface area contributed by atoms with Gasteiger partial charge in [-0.3, -0.25) is 4.79 Å². The number of oxime groups is 1. The summed E-state index contributed by atoms with van der Waals surface area (Å²) in [6, 6.07) is 0. The van der Waals surface area contributed by atoms with E-state index in [1.807, 2.05) is 0 Å². The van der Waals surface area contributed by atoms with E-state index in [4.69, 9.17) is 5.21 Å². The SMILES string of the molecule is CN(C)CCCCCCCCCNC(=O)/C=N\O. The maximum Gasteiger partial charge on any atom is 0.265 e. The van der Waals surface area contributed by atoms with Gasteiger partial charge in [-0.25, -0.2) is 0 Å². The quantitative estimate of drug-likeness (QED) is 0.257. The molecule has 2 N–H and O–H groups in total. The van der Waals surface area contributed by atoms with Crippen molar-refractivity contribution in [3.05, 3.63) is 0 Å². The van der Waals surface area contributed by atoms with Crippen LogP contribution in [0.15, 0.2) is 5.16 Å². The van der Waals surface area contributed by atoms with E-state index < -0.39 is 0 Å². The summed E-state index contributed by atoms with van der Waals surface area (Å²) in [7, 11) is 4.21. The molecule has 0 radical (unpaired) electrons. The molecule has 106 valence electrons. The van der Waals surface area contributed by atoms with Gasteiger partial charge < -0.3 is 15.4 Å². The third-order valence-electron chi connectivity index (χ3n) is 2.76. The number of carbonyl (C=O) groups excluding carboxylic acids is 1. The van der Waals surface area contributed by atoms with Gasteiger partial charge >= 0.3 is 0 Å². The zero-order valence-corrected chi connectivity index (χ0v) is 11.7. The normalized spacial score (nSPS) is 11.3. The van der Waals surface area contributed by atoms with Crippen LogP contribution in [0, 0.1) is 0 Å². The van der Waals surface area contributed by atoms with Gasteiger partial charge in [0.25, 0.3) is 5.91 Å². The molecule has 0 aliphatic carbocycles. The molecule has 0 atom stereocenters. The molecule has 0 saturated carbocycles. The molecule has 0 heterocycles. The fourth-order valence-corrected chi connectivity index (χ4v) is 1.75. The highest BCUT2D eigenvalue weighted by Gasteiger charge is 1.96. The minimum atomic E-state index is -0.332. The van der Waals surface area contributed by atoms with E-state index in [1.165, 1.54) is 38.6 Å². The van der Waals surface area contributed by atoms with E-state index >= 15 is 0 Å². The molecule has 18 heavy (non-hydrogen) atoms. The number of unbranched alkanes of at least 4 members (excludes halogenated alkanes) is 6. The first kappa shape index (κ1) is 16.9. The van der Waals surface area contributed by atoms with Gasteiger partial charge in [-0.15, -0.1) is 0 Å². The molecule has 0 aliphatic heterocycles. The van der Waals surface area contributed by atoms with E-state index in [1.54, 1.807) is 0 Å². The molecule has 0 aliphatic rings. The molecule has 0 saturated heterocycles. The molecular weight excluding hydrogens is 230 g/mol. The van der Waals surface area contributed by atoms with Crippen LogP contribution < -0.4 is 5.32 Å². The molecule has 0 aromatic rings. The Bertz CT molecular complexity index is 230. The predicted octanol–water partition coefficient (Wildman–Crippen LogP) is 1.85. The van der Waals surface area contributed by atoms with Gasteiger partial charge in [0.15, 0.2) is 0 Å². The van der Waals surface area contributed by atoms with Crippen LogP contribution in [0.25, 0.3) is 0 Å². The van der Waals surface area contributed by atoms with Crippen LogP contribution in [0.5, 0.6) is 0 Å². The first-order valence-electron chi connectivity index (χ1n) is 6.77. The summed E-state index contributed by atoms with van der Waals surface area (Å²) in [5.41, 5.74) is 0. The lowest BCUT2D eigenvalue weighted by Crippen LogP contribution is -2.25. The standard InChI is InChI=1S/C13H27N3O2/c1-16(2)11-9-7-5-3-4-6-8-10-14-13(17)12-15-18/h12,18H,3-11H2,1-2H3,(H,14,17)/b15-12-. The second-order valence-electron chi connectivity index (χ2n) is 4.81. The Hall–Kier alpha value is -1.10. The molecule has 0 aromatic heterocycles. The third kappa shape index (κ3) is 13.0. The first-order valence-corrected chi connectivity index (χ1v) is 6.77. The lowest BCUT2D eigenvalue weighted by Gasteiger charge is -2.08. The van der Waals surface area contributed by atoms with Crippen LogP contribution in [-0.2, 0) is 4.79 Å². The molecule has 5 nitrogen and oxygen atoms in total. The second kappa shape index (κ2) is 12.4. The van der Waals surface area contributed by atoms with Gasteiger partial charge in [-0.1, -0.05) is 37.3 Å². The monoisotopic (exact) mass is 257 g/mol. The Morgan fingerprint density at radius 1 is 1.11 bits per heavy atom. The van der Waals surface area contributed by atoms with Crippen molar-refractivity contribution < 1.29 is 10.0 Å². The van der Waals surface area contributed by atoms with E-state index in [2.05, 4.69) is 29.5 Å². The van der Waals surface area contributed by atoms with Crippen LogP contribution in [-0.4, -0.2) is 49.4 Å². The third-order valence-corrected chi connectivity index (χ3v) is 2.76. The summed E-state index contributed by atoms with van der Waals surface area (Å²) in [6.07, 6.45) is 9.41. The molecule has 1 amide bonds. The van der Waals surface area contributed by atoms with Crippen LogP contribution in [0.1, 0.15) is 44.9 Å². The summed E-state index contributed by atoms with van der Waals surface area (Å²) >= 11 is 0. The summed E-state index contributed by atoms with van der Waals surface area (Å²) < 4.78 is 0. The summed E-state index contributed by atoms with van der Waals surface area (Å²) in [6.45, 7) is 1.84. The van der Waals surface area contributed by atoms with Crippen molar-refractivity contribution in [1.29, 1.82) is 0 Å². The molecule has 0 aromatic carbocycles. The molecule has 0 rings (SSSR count). The topological polar surface area (TPSA) is 64.9 Å². The van der Waals surface area contributed by atoms with Crippen LogP contribution in [0.4, 0.5) is 0 Å². The first-order chi connectivity index (χ1) is 8.66. The fraction of sp³-hybridized carbons (Fsp3) is 0.846. The number of carbonyl (C=O) groups is 1. The van der Waals surface area contributed by atoms with Gasteiger partial charge in [0.05, 0.1) is 0 Å². The maximum absolute atomic E-state index is 10.9. The van der Waals surface area contributed by atoms with Gasteiger partial charge in [0, 0.05) is 6.54 Å². The van der Waals surface area contributed by atoms with E-state index in [-0.39, 0.29) is 5.91 Å². The van der Waals surface area contributed by atoms with E-state index in [0.29, 0.717) is 6.54 Å². The average Bonchev–Trinajstić information content (AvgIpc) is 2.31. The van der Waals surface area contributed by atoms with Crippen LogP contribution in [0.2, 0.25) is 0 Å². The number of hydrogen-bond acceptors (Lipinski definition) is 4.